The Bertz CT molecular complexity index is 627. The Kier molecular flexibility index (Phi) is 3.37. The van der Waals surface area contributed by atoms with Crippen LogP contribution in [0.2, 0.25) is 5.02 Å². The third kappa shape index (κ3) is 2.79. The van der Waals surface area contributed by atoms with E-state index in [0.29, 0.717) is 0 Å². The van der Waals surface area contributed by atoms with E-state index in [2.05, 4.69) is 25.8 Å². The van der Waals surface area contributed by atoms with Gasteiger partial charge in [-0.25, -0.2) is 9.78 Å². The molecule has 0 spiro atoms. The van der Waals surface area contributed by atoms with Crippen LogP contribution in [0.25, 0.3) is 5.69 Å². The van der Waals surface area contributed by atoms with Crippen molar-refractivity contribution in [3.8, 4) is 5.69 Å². The minimum atomic E-state index is -1.03. The highest BCUT2D eigenvalue weighted by molar-refractivity contribution is 6.33. The summed E-state index contributed by atoms with van der Waals surface area (Å²) in [6.45, 7) is 6.25. The highest BCUT2D eigenvalue weighted by Crippen LogP contribution is 2.24. The molecule has 0 amide bonds. The summed E-state index contributed by atoms with van der Waals surface area (Å²) < 4.78 is 1.83. The number of hydrogen-bond acceptors (Lipinski definition) is 2. The largest absolute Gasteiger partial charge is 0.478 e. The van der Waals surface area contributed by atoms with Crippen molar-refractivity contribution in [2.45, 2.75) is 26.2 Å². The van der Waals surface area contributed by atoms with Crippen molar-refractivity contribution in [3.05, 3.63) is 47.0 Å². The molecular formula is C14H15ClN2O2. The zero-order chi connectivity index (χ0) is 14.2. The Hall–Kier alpha value is -1.81. The Labute approximate surface area is 116 Å². The normalized spacial score (nSPS) is 11.6. The number of hydrogen-bond donors (Lipinski definition) is 1. The Morgan fingerprint density at radius 2 is 2.05 bits per heavy atom. The number of imidazole rings is 1. The number of carboxylic acids is 1. The van der Waals surface area contributed by atoms with Gasteiger partial charge >= 0.3 is 5.97 Å². The molecule has 0 radical (unpaired) electrons. The molecule has 0 aliphatic heterocycles. The first-order valence-electron chi connectivity index (χ1n) is 5.87. The van der Waals surface area contributed by atoms with E-state index in [-0.39, 0.29) is 16.0 Å². The molecular weight excluding hydrogens is 264 g/mol. The van der Waals surface area contributed by atoms with Crippen molar-refractivity contribution in [1.82, 2.24) is 9.55 Å². The van der Waals surface area contributed by atoms with Gasteiger partial charge in [-0.1, -0.05) is 32.4 Å². The van der Waals surface area contributed by atoms with Crippen LogP contribution in [0.5, 0.6) is 0 Å². The average molecular weight is 279 g/mol. The first-order valence-corrected chi connectivity index (χ1v) is 6.24. The zero-order valence-electron chi connectivity index (χ0n) is 11.0. The average Bonchev–Trinajstić information content (AvgIpc) is 2.76. The SMILES string of the molecule is CC(C)(C)c1cn(-c2ccc(C(=O)O)c(Cl)c2)cn1. The number of benzene rings is 1. The Morgan fingerprint density at radius 3 is 2.53 bits per heavy atom. The lowest BCUT2D eigenvalue weighted by Crippen LogP contribution is -2.11. The van der Waals surface area contributed by atoms with Gasteiger partial charge in [0.25, 0.3) is 0 Å². The van der Waals surface area contributed by atoms with Crippen molar-refractivity contribution in [2.24, 2.45) is 0 Å². The van der Waals surface area contributed by atoms with Crippen LogP contribution in [-0.4, -0.2) is 20.6 Å². The maximum absolute atomic E-state index is 10.9. The maximum Gasteiger partial charge on any atom is 0.337 e. The third-order valence-corrected chi connectivity index (χ3v) is 3.14. The van der Waals surface area contributed by atoms with Gasteiger partial charge in [0.05, 0.1) is 22.6 Å². The van der Waals surface area contributed by atoms with Gasteiger partial charge in [-0.2, -0.15) is 0 Å². The first-order chi connectivity index (χ1) is 8.79. The molecule has 1 aromatic heterocycles. The van der Waals surface area contributed by atoms with Gasteiger partial charge in [0.2, 0.25) is 0 Å². The van der Waals surface area contributed by atoms with Gasteiger partial charge in [0, 0.05) is 17.3 Å². The van der Waals surface area contributed by atoms with Crippen LogP contribution in [0, 0.1) is 0 Å². The molecule has 19 heavy (non-hydrogen) atoms. The first kappa shape index (κ1) is 13.6. The predicted molar refractivity (Wildman–Crippen MR) is 74.2 cm³/mol. The van der Waals surface area contributed by atoms with E-state index >= 15 is 0 Å². The summed E-state index contributed by atoms with van der Waals surface area (Å²) >= 11 is 5.96. The van der Waals surface area contributed by atoms with Crippen molar-refractivity contribution >= 4 is 17.6 Å². The minimum absolute atomic E-state index is 0.0317. The van der Waals surface area contributed by atoms with E-state index in [1.165, 1.54) is 6.07 Å². The van der Waals surface area contributed by atoms with Gasteiger partial charge in [-0.3, -0.25) is 0 Å². The lowest BCUT2D eigenvalue weighted by Gasteiger charge is -2.14. The van der Waals surface area contributed by atoms with Crippen molar-refractivity contribution in [2.75, 3.05) is 0 Å². The van der Waals surface area contributed by atoms with E-state index in [1.54, 1.807) is 18.5 Å². The minimum Gasteiger partial charge on any atom is -0.478 e. The summed E-state index contributed by atoms with van der Waals surface area (Å²) in [5.74, 6) is -1.03. The standard InChI is InChI=1S/C14H15ClN2O2/c1-14(2,3)12-7-17(8-16-12)9-4-5-10(13(18)19)11(15)6-9/h4-8H,1-3H3,(H,18,19). The summed E-state index contributed by atoms with van der Waals surface area (Å²) in [5.41, 5.74) is 1.82. The molecule has 0 atom stereocenters. The summed E-state index contributed by atoms with van der Waals surface area (Å²) in [6.07, 6.45) is 3.62. The highest BCUT2D eigenvalue weighted by Gasteiger charge is 2.17. The molecule has 0 saturated heterocycles. The van der Waals surface area contributed by atoms with E-state index in [1.807, 2.05) is 10.8 Å². The molecule has 2 rings (SSSR count). The maximum atomic E-state index is 10.9. The van der Waals surface area contributed by atoms with Crippen molar-refractivity contribution < 1.29 is 9.90 Å². The zero-order valence-corrected chi connectivity index (χ0v) is 11.8. The molecule has 0 aliphatic carbocycles. The molecule has 2 aromatic rings. The summed E-state index contributed by atoms with van der Waals surface area (Å²) in [6, 6.07) is 4.83. The van der Waals surface area contributed by atoms with E-state index in [9.17, 15) is 4.79 Å². The number of rotatable bonds is 2. The second-order valence-corrected chi connectivity index (χ2v) is 5.79. The summed E-state index contributed by atoms with van der Waals surface area (Å²) in [7, 11) is 0. The number of aromatic nitrogens is 2. The second kappa shape index (κ2) is 4.70. The molecule has 0 saturated carbocycles. The van der Waals surface area contributed by atoms with Gasteiger partial charge < -0.3 is 9.67 Å². The number of carboxylic acid groups (broad SMARTS) is 1. The monoisotopic (exact) mass is 278 g/mol. The van der Waals surface area contributed by atoms with Gasteiger partial charge in [0.15, 0.2) is 0 Å². The molecule has 1 heterocycles. The smallest absolute Gasteiger partial charge is 0.337 e. The molecule has 5 heteroatoms. The quantitative estimate of drug-likeness (QED) is 0.914. The lowest BCUT2D eigenvalue weighted by atomic mass is 9.93. The fraction of sp³-hybridized carbons (Fsp3) is 0.286. The van der Waals surface area contributed by atoms with Crippen LogP contribution in [-0.2, 0) is 5.41 Å². The molecule has 1 N–H and O–H groups in total. The van der Waals surface area contributed by atoms with E-state index in [4.69, 9.17) is 16.7 Å². The van der Waals surface area contributed by atoms with Crippen LogP contribution in [0.3, 0.4) is 0 Å². The number of aromatic carboxylic acids is 1. The molecule has 0 bridgehead atoms. The number of halogens is 1. The van der Waals surface area contributed by atoms with Crippen LogP contribution < -0.4 is 0 Å². The van der Waals surface area contributed by atoms with E-state index < -0.39 is 5.97 Å². The van der Waals surface area contributed by atoms with Gasteiger partial charge in [-0.05, 0) is 18.2 Å². The second-order valence-electron chi connectivity index (χ2n) is 5.39. The molecule has 100 valence electrons. The summed E-state index contributed by atoms with van der Waals surface area (Å²) in [5, 5.41) is 9.15. The van der Waals surface area contributed by atoms with Crippen LogP contribution in [0.15, 0.2) is 30.7 Å². The third-order valence-electron chi connectivity index (χ3n) is 2.83. The molecule has 1 aromatic carbocycles. The van der Waals surface area contributed by atoms with Gasteiger partial charge in [-0.15, -0.1) is 0 Å². The highest BCUT2D eigenvalue weighted by atomic mass is 35.5. The number of nitrogens with zero attached hydrogens (tertiary/aromatic N) is 2. The predicted octanol–water partition coefficient (Wildman–Crippen LogP) is 3.52. The van der Waals surface area contributed by atoms with Crippen LogP contribution in [0.1, 0.15) is 36.8 Å². The molecule has 0 unspecified atom stereocenters. The van der Waals surface area contributed by atoms with E-state index in [0.717, 1.165) is 11.4 Å². The van der Waals surface area contributed by atoms with Crippen LogP contribution in [0.4, 0.5) is 0 Å². The summed E-state index contributed by atoms with van der Waals surface area (Å²) in [4.78, 5) is 15.3. The molecule has 0 fully saturated rings. The topological polar surface area (TPSA) is 55.1 Å². The fourth-order valence-corrected chi connectivity index (χ4v) is 1.94. The Balaban J connectivity index is 2.40. The molecule has 4 nitrogen and oxygen atoms in total. The van der Waals surface area contributed by atoms with Crippen LogP contribution >= 0.6 is 11.6 Å². The van der Waals surface area contributed by atoms with Gasteiger partial charge in [0.1, 0.15) is 0 Å². The molecule has 0 aliphatic rings. The fourth-order valence-electron chi connectivity index (χ4n) is 1.69. The Morgan fingerprint density at radius 1 is 1.37 bits per heavy atom. The lowest BCUT2D eigenvalue weighted by molar-refractivity contribution is 0.0697. The van der Waals surface area contributed by atoms with Crippen molar-refractivity contribution in [1.29, 1.82) is 0 Å². The van der Waals surface area contributed by atoms with Crippen molar-refractivity contribution in [3.63, 3.8) is 0 Å². The number of carbonyl (C=O) groups is 1.